The number of aryl methyl sites for hydroxylation is 1. The van der Waals surface area contributed by atoms with Gasteiger partial charge >= 0.3 is 0 Å². The summed E-state index contributed by atoms with van der Waals surface area (Å²) in [5.74, 6) is 2.34. The lowest BCUT2D eigenvalue weighted by molar-refractivity contribution is -0.118. The smallest absolute Gasteiger partial charge is 0.228 e. The molecule has 7 nitrogen and oxygen atoms in total. The van der Waals surface area contributed by atoms with Crippen molar-refractivity contribution in [3.8, 4) is 11.6 Å². The number of fused-ring (bicyclic) bond motifs is 3. The third-order valence-corrected chi connectivity index (χ3v) is 7.15. The molecular formula is C29H28N4O3. The third kappa shape index (κ3) is 3.75. The Balaban J connectivity index is 1.45. The van der Waals surface area contributed by atoms with Gasteiger partial charge in [0.05, 0.1) is 5.56 Å². The molecule has 0 radical (unpaired) electrons. The number of rotatable bonds is 4. The lowest BCUT2D eigenvalue weighted by Crippen LogP contribution is -2.33. The number of aromatic nitrogens is 4. The number of carbonyl (C=O) groups is 1. The zero-order valence-electron chi connectivity index (χ0n) is 20.9. The number of allylic oxidation sites excluding steroid dienone is 2. The minimum Gasteiger partial charge on any atom is -0.485 e. The number of hydrogen-bond donors (Lipinski definition) is 0. The molecule has 1 aliphatic carbocycles. The van der Waals surface area contributed by atoms with Gasteiger partial charge in [-0.3, -0.25) is 4.79 Å². The van der Waals surface area contributed by atoms with E-state index in [1.54, 1.807) is 10.8 Å². The Labute approximate surface area is 209 Å². The first kappa shape index (κ1) is 22.5. The molecule has 7 heteroatoms. The van der Waals surface area contributed by atoms with E-state index >= 15 is 0 Å². The van der Waals surface area contributed by atoms with E-state index in [4.69, 9.17) is 14.5 Å². The van der Waals surface area contributed by atoms with Crippen molar-refractivity contribution in [1.29, 1.82) is 0 Å². The highest BCUT2D eigenvalue weighted by Crippen LogP contribution is 2.50. The molecule has 2 aromatic carbocycles. The van der Waals surface area contributed by atoms with Gasteiger partial charge < -0.3 is 9.47 Å². The second kappa shape index (κ2) is 8.29. The summed E-state index contributed by atoms with van der Waals surface area (Å²) in [5, 5.41) is 4.62. The molecule has 3 heterocycles. The molecule has 6 rings (SSSR count). The van der Waals surface area contributed by atoms with Crippen molar-refractivity contribution in [3.63, 3.8) is 0 Å². The number of ketones is 1. The maximum atomic E-state index is 13.5. The number of Topliss-reactive ketones (excluding diaryl/α,β-unsaturated/α-hetero) is 1. The van der Waals surface area contributed by atoms with Crippen LogP contribution in [0.4, 0.5) is 0 Å². The van der Waals surface area contributed by atoms with Gasteiger partial charge in [0, 0.05) is 24.3 Å². The summed E-state index contributed by atoms with van der Waals surface area (Å²) < 4.78 is 14.0. The number of benzene rings is 2. The van der Waals surface area contributed by atoms with Crippen molar-refractivity contribution in [2.24, 2.45) is 5.41 Å². The molecule has 1 aliphatic heterocycles. The van der Waals surface area contributed by atoms with E-state index in [1.165, 1.54) is 5.56 Å². The van der Waals surface area contributed by atoms with Gasteiger partial charge in [-0.1, -0.05) is 56.3 Å². The number of carbonyl (C=O) groups excluding carboxylic acids is 1. The van der Waals surface area contributed by atoms with Crippen LogP contribution in [0.5, 0.6) is 11.6 Å². The lowest BCUT2D eigenvalue weighted by Gasteiger charge is -2.37. The monoisotopic (exact) mass is 480 g/mol. The first-order valence-electron chi connectivity index (χ1n) is 12.2. The normalized spacial score (nSPS) is 18.6. The Morgan fingerprint density at radius 1 is 1.08 bits per heavy atom. The lowest BCUT2D eigenvalue weighted by atomic mass is 9.70. The van der Waals surface area contributed by atoms with Crippen LogP contribution in [0, 0.1) is 19.3 Å². The molecular weight excluding hydrogens is 452 g/mol. The molecule has 0 spiro atoms. The molecule has 0 N–H and O–H groups in total. The van der Waals surface area contributed by atoms with E-state index in [9.17, 15) is 4.79 Å². The van der Waals surface area contributed by atoms with Gasteiger partial charge in [0.2, 0.25) is 5.88 Å². The SMILES string of the molecule is Cc1cccc(OCc2nc3c4c(ncn3n2)OC2=C(C(=O)CC(C)(C)C2)C4c2ccccc2)c1C. The van der Waals surface area contributed by atoms with Crippen LogP contribution >= 0.6 is 0 Å². The van der Waals surface area contributed by atoms with Crippen molar-refractivity contribution < 1.29 is 14.3 Å². The topological polar surface area (TPSA) is 78.6 Å². The van der Waals surface area contributed by atoms with Gasteiger partial charge in [0.15, 0.2) is 17.3 Å². The van der Waals surface area contributed by atoms with E-state index in [0.29, 0.717) is 41.5 Å². The van der Waals surface area contributed by atoms with Gasteiger partial charge in [-0.15, -0.1) is 5.10 Å². The average Bonchev–Trinajstić information content (AvgIpc) is 3.27. The van der Waals surface area contributed by atoms with Gasteiger partial charge in [-0.2, -0.15) is 0 Å². The predicted octanol–water partition coefficient (Wildman–Crippen LogP) is 5.49. The summed E-state index contributed by atoms with van der Waals surface area (Å²) in [5.41, 5.74) is 5.20. The van der Waals surface area contributed by atoms with Gasteiger partial charge in [0.1, 0.15) is 24.4 Å². The van der Waals surface area contributed by atoms with E-state index in [2.05, 4.69) is 36.9 Å². The van der Waals surface area contributed by atoms with Crippen molar-refractivity contribution in [3.05, 3.63) is 94.3 Å². The standard InChI is InChI=1S/C29H28N4O3/c1-17-9-8-12-21(18(17)2)35-15-23-31-27-26-24(19-10-6-5-7-11-19)25-20(34)13-29(3,4)14-22(25)36-28(26)30-16-33(27)32-23/h5-12,16,24H,13-15H2,1-4H3. The fraction of sp³-hybridized carbons (Fsp3) is 0.310. The number of nitrogens with zero attached hydrogens (tertiary/aromatic N) is 4. The van der Waals surface area contributed by atoms with Crippen LogP contribution in [0.1, 0.15) is 60.7 Å². The average molecular weight is 481 g/mol. The number of hydrogen-bond acceptors (Lipinski definition) is 6. The molecule has 1 atom stereocenters. The van der Waals surface area contributed by atoms with Crippen molar-refractivity contribution in [2.75, 3.05) is 0 Å². The maximum absolute atomic E-state index is 13.5. The van der Waals surface area contributed by atoms with Crippen LogP contribution in [0.3, 0.4) is 0 Å². The fourth-order valence-corrected chi connectivity index (χ4v) is 5.25. The molecule has 0 amide bonds. The Morgan fingerprint density at radius 3 is 2.69 bits per heavy atom. The van der Waals surface area contributed by atoms with Crippen molar-refractivity contribution in [1.82, 2.24) is 19.6 Å². The molecule has 0 bridgehead atoms. The van der Waals surface area contributed by atoms with Gasteiger partial charge in [-0.05, 0) is 42.0 Å². The Kier molecular flexibility index (Phi) is 5.18. The second-order valence-corrected chi connectivity index (χ2v) is 10.5. The number of ether oxygens (including phenoxy) is 2. The molecule has 1 unspecified atom stereocenters. The highest BCUT2D eigenvalue weighted by Gasteiger charge is 2.43. The molecule has 36 heavy (non-hydrogen) atoms. The van der Waals surface area contributed by atoms with Crippen molar-refractivity contribution >= 4 is 11.4 Å². The van der Waals surface area contributed by atoms with Crippen LogP contribution in [-0.2, 0) is 11.4 Å². The van der Waals surface area contributed by atoms with Crippen LogP contribution in [0.2, 0.25) is 0 Å². The molecule has 0 saturated heterocycles. The summed E-state index contributed by atoms with van der Waals surface area (Å²) in [7, 11) is 0. The Bertz CT molecular complexity index is 1540. The van der Waals surface area contributed by atoms with E-state index in [1.807, 2.05) is 49.4 Å². The van der Waals surface area contributed by atoms with Crippen LogP contribution in [-0.4, -0.2) is 25.4 Å². The summed E-state index contributed by atoms with van der Waals surface area (Å²) in [6, 6.07) is 16.0. The van der Waals surface area contributed by atoms with E-state index in [-0.39, 0.29) is 23.7 Å². The van der Waals surface area contributed by atoms with E-state index in [0.717, 1.165) is 22.4 Å². The molecule has 0 saturated carbocycles. The zero-order chi connectivity index (χ0) is 25.0. The summed E-state index contributed by atoms with van der Waals surface area (Å²) in [6.45, 7) is 8.52. The van der Waals surface area contributed by atoms with Crippen LogP contribution in [0.15, 0.2) is 66.2 Å². The zero-order valence-corrected chi connectivity index (χ0v) is 20.9. The van der Waals surface area contributed by atoms with E-state index < -0.39 is 0 Å². The minimum atomic E-state index is -0.318. The van der Waals surface area contributed by atoms with Crippen molar-refractivity contribution in [2.45, 2.75) is 53.1 Å². The summed E-state index contributed by atoms with van der Waals surface area (Å²) in [6.07, 6.45) is 2.78. The predicted molar refractivity (Wildman–Crippen MR) is 135 cm³/mol. The Morgan fingerprint density at radius 2 is 1.89 bits per heavy atom. The maximum Gasteiger partial charge on any atom is 0.228 e. The highest BCUT2D eigenvalue weighted by molar-refractivity contribution is 6.00. The molecule has 4 aromatic rings. The van der Waals surface area contributed by atoms with Crippen LogP contribution < -0.4 is 9.47 Å². The van der Waals surface area contributed by atoms with Gasteiger partial charge in [0.25, 0.3) is 0 Å². The summed E-state index contributed by atoms with van der Waals surface area (Å²) >= 11 is 0. The highest BCUT2D eigenvalue weighted by atomic mass is 16.5. The molecule has 182 valence electrons. The van der Waals surface area contributed by atoms with Crippen LogP contribution in [0.25, 0.3) is 5.65 Å². The Hall–Kier alpha value is -4.00. The quantitative estimate of drug-likeness (QED) is 0.384. The second-order valence-electron chi connectivity index (χ2n) is 10.5. The minimum absolute atomic E-state index is 0.112. The molecule has 2 aliphatic rings. The first-order chi connectivity index (χ1) is 17.3. The first-order valence-corrected chi connectivity index (χ1v) is 12.2. The molecule has 0 fully saturated rings. The van der Waals surface area contributed by atoms with Gasteiger partial charge in [-0.25, -0.2) is 14.5 Å². The molecule has 2 aromatic heterocycles. The fourth-order valence-electron chi connectivity index (χ4n) is 5.25. The third-order valence-electron chi connectivity index (χ3n) is 7.15. The summed E-state index contributed by atoms with van der Waals surface area (Å²) in [4.78, 5) is 22.9. The largest absolute Gasteiger partial charge is 0.485 e.